The summed E-state index contributed by atoms with van der Waals surface area (Å²) in [5.74, 6) is 0. The maximum Gasteiger partial charge on any atom is 0.137 e. The quantitative estimate of drug-likeness (QED) is 0.0917. The van der Waals surface area contributed by atoms with Crippen LogP contribution in [0.1, 0.15) is 0 Å². The van der Waals surface area contributed by atoms with Gasteiger partial charge >= 0.3 is 0 Å². The van der Waals surface area contributed by atoms with Gasteiger partial charge in [0.2, 0.25) is 0 Å². The molecule has 0 fully saturated rings. The molecule has 0 rings (SSSR count). The molecule has 0 spiro atoms. The number of rotatable bonds is 24. The number of hydrogen-bond acceptors (Lipinski definition) is 12. The zero-order valence-corrected chi connectivity index (χ0v) is 36.9. The number of carbonyl (C=O) groups excluding carboxylic acids is 6. The zero-order chi connectivity index (χ0) is 47.9. The minimum Gasteiger partial charge on any atom is -0.530 e. The van der Waals surface area contributed by atoms with Gasteiger partial charge in [-0.05, 0) is 0 Å². The van der Waals surface area contributed by atoms with Crippen molar-refractivity contribution >= 4 is 36.6 Å². The largest absolute Gasteiger partial charge is 0.530 e. The molecule has 0 saturated carbocycles. The van der Waals surface area contributed by atoms with E-state index in [0.717, 1.165) is 29.4 Å². The normalized spacial score (nSPS) is 8.26. The van der Waals surface area contributed by atoms with Crippen LogP contribution in [0, 0.1) is 0 Å². The molecule has 0 saturated heterocycles. The van der Waals surface area contributed by atoms with Gasteiger partial charge < -0.3 is 88.8 Å². The molecule has 0 N–H and O–H groups in total. The molecule has 0 bridgehead atoms. The molecule has 0 aromatic carbocycles. The van der Waals surface area contributed by atoms with Crippen LogP contribution in [0.4, 0.5) is 28.8 Å². The fourth-order valence-electron chi connectivity index (χ4n) is 3.21. The van der Waals surface area contributed by atoms with E-state index in [2.05, 4.69) is 78.9 Å². The summed E-state index contributed by atoms with van der Waals surface area (Å²) < 4.78 is 0. The van der Waals surface area contributed by atoms with Crippen molar-refractivity contribution in [3.63, 3.8) is 0 Å². The molecule has 0 aliphatic carbocycles. The first kappa shape index (κ1) is 68.8. The van der Waals surface area contributed by atoms with E-state index < -0.39 is 36.6 Å². The van der Waals surface area contributed by atoms with Crippen LogP contribution >= 0.6 is 0 Å². The van der Waals surface area contributed by atoms with E-state index in [0.29, 0.717) is 0 Å². The van der Waals surface area contributed by atoms with Gasteiger partial charge in [-0.2, -0.15) is 0 Å². The van der Waals surface area contributed by atoms with E-state index in [9.17, 15) is 59.4 Å². The van der Waals surface area contributed by atoms with E-state index in [1.807, 2.05) is 0 Å². The second-order valence-corrected chi connectivity index (χ2v) is 10.5. The van der Waals surface area contributed by atoms with Crippen molar-refractivity contribution in [3.05, 3.63) is 152 Å². The fourth-order valence-corrected chi connectivity index (χ4v) is 3.21. The monoisotopic (exact) mass is 938 g/mol. The molecule has 0 atom stereocenters. The SMILES string of the molecule is C=CCN(CC=C)C(=O)[O-].C=CCN(CC=C)C(=O)[O-].C=CCN(CC=C)C(=O)[O-].C=CCN(CC=C)C(=O)[O-].C=CCN(CC=C)C(=O)[O-].C=CCN(CC=C)C(=O)[O-].[Mo]. The van der Waals surface area contributed by atoms with Gasteiger partial charge in [-0.25, -0.2) is 0 Å². The Balaban J connectivity index is -0.000000114. The van der Waals surface area contributed by atoms with Gasteiger partial charge in [0.15, 0.2) is 0 Å². The number of carbonyl (C=O) groups is 6. The second kappa shape index (κ2) is 51.2. The Bertz CT molecular complexity index is 1070. The Hall–Kier alpha value is -6.81. The molecule has 0 aliphatic heterocycles. The number of carboxylic acid groups (broad SMARTS) is 6. The van der Waals surface area contributed by atoms with Crippen molar-refractivity contribution in [3.8, 4) is 0 Å². The zero-order valence-electron chi connectivity index (χ0n) is 34.9. The Labute approximate surface area is 375 Å². The van der Waals surface area contributed by atoms with E-state index in [4.69, 9.17) is 0 Å². The average molecular weight is 937 g/mol. The number of hydrogen-bond donors (Lipinski definition) is 0. The van der Waals surface area contributed by atoms with Crippen LogP contribution in [0.5, 0.6) is 0 Å². The Morgan fingerprint density at radius 2 is 0.311 bits per heavy atom. The van der Waals surface area contributed by atoms with Gasteiger partial charge in [0.05, 0.1) is 0 Å². The molecule has 342 valence electrons. The molecule has 6 amide bonds. The smallest absolute Gasteiger partial charge is 0.137 e. The first-order valence-corrected chi connectivity index (χ1v) is 17.4. The first-order valence-electron chi connectivity index (χ1n) is 17.4. The van der Waals surface area contributed by atoms with Gasteiger partial charge in [0.25, 0.3) is 0 Å². The third-order valence-electron chi connectivity index (χ3n) is 5.74. The average Bonchev–Trinajstić information content (AvgIpc) is 3.18. The Kier molecular flexibility index (Phi) is 57.8. The van der Waals surface area contributed by atoms with Gasteiger partial charge in [0.1, 0.15) is 36.6 Å². The van der Waals surface area contributed by atoms with Crippen LogP contribution in [0.3, 0.4) is 0 Å². The molecule has 0 aliphatic rings. The van der Waals surface area contributed by atoms with Crippen LogP contribution in [-0.2, 0) is 21.1 Å². The van der Waals surface area contributed by atoms with Crippen LogP contribution < -0.4 is 30.6 Å². The first-order chi connectivity index (χ1) is 28.3. The molecule has 0 aromatic rings. The van der Waals surface area contributed by atoms with Gasteiger partial charge in [0, 0.05) is 99.6 Å². The van der Waals surface area contributed by atoms with Gasteiger partial charge in [-0.15, -0.1) is 78.9 Å². The summed E-state index contributed by atoms with van der Waals surface area (Å²) in [7, 11) is 0. The van der Waals surface area contributed by atoms with Crippen molar-refractivity contribution in [1.82, 2.24) is 29.4 Å². The molecule has 19 heteroatoms. The predicted molar refractivity (Wildman–Crippen MR) is 224 cm³/mol. The minimum atomic E-state index is -1.19. The molecule has 18 nitrogen and oxygen atoms in total. The summed E-state index contributed by atoms with van der Waals surface area (Å²) >= 11 is 0. The summed E-state index contributed by atoms with van der Waals surface area (Å²) in [5.41, 5.74) is 0. The van der Waals surface area contributed by atoms with E-state index in [1.165, 1.54) is 72.9 Å². The van der Waals surface area contributed by atoms with Crippen molar-refractivity contribution in [2.45, 2.75) is 0 Å². The van der Waals surface area contributed by atoms with Gasteiger partial charge in [-0.1, -0.05) is 72.9 Å². The molecule has 0 aromatic heterocycles. The third kappa shape index (κ3) is 49.3. The maximum atomic E-state index is 10.2. The van der Waals surface area contributed by atoms with Crippen molar-refractivity contribution in [1.29, 1.82) is 0 Å². The van der Waals surface area contributed by atoms with Crippen molar-refractivity contribution in [2.24, 2.45) is 0 Å². The summed E-state index contributed by atoms with van der Waals surface area (Å²) in [6.07, 6.45) is 10.8. The summed E-state index contributed by atoms with van der Waals surface area (Å²) in [5, 5.41) is 61.2. The fraction of sp³-hybridized carbons (Fsp3) is 0.286. The molecule has 0 heterocycles. The summed E-state index contributed by atoms with van der Waals surface area (Å²) in [6, 6.07) is 0. The van der Waals surface area contributed by atoms with E-state index in [1.54, 1.807) is 0 Å². The summed E-state index contributed by atoms with van der Waals surface area (Å²) in [6.45, 7) is 44.2. The topological polar surface area (TPSA) is 260 Å². The standard InChI is InChI=1S/6C7H11NO2.Mo/c6*1-3-5-8(6-4-2)7(9)10;/h6*3-4H,1-2,5-6H2,(H,9,10);/p-6. The van der Waals surface area contributed by atoms with Crippen LogP contribution in [0.2, 0.25) is 0 Å². The summed E-state index contributed by atoms with van der Waals surface area (Å²) in [4.78, 5) is 67.8. The molecule has 0 unspecified atom stereocenters. The van der Waals surface area contributed by atoms with Crippen LogP contribution in [-0.4, -0.2) is 144 Å². The van der Waals surface area contributed by atoms with E-state index >= 15 is 0 Å². The Morgan fingerprint density at radius 1 is 0.246 bits per heavy atom. The minimum absolute atomic E-state index is 0. The molecular formula is C42H60MoN6O12-6. The van der Waals surface area contributed by atoms with E-state index in [-0.39, 0.29) is 99.6 Å². The Morgan fingerprint density at radius 3 is 0.344 bits per heavy atom. The molecule has 0 radical (unpaired) electrons. The molecular weight excluding hydrogens is 876 g/mol. The maximum absolute atomic E-state index is 10.2. The number of nitrogens with zero attached hydrogens (tertiary/aromatic N) is 6. The van der Waals surface area contributed by atoms with Crippen LogP contribution in [0.15, 0.2) is 152 Å². The second-order valence-electron chi connectivity index (χ2n) is 10.5. The third-order valence-corrected chi connectivity index (χ3v) is 5.74. The molecule has 61 heavy (non-hydrogen) atoms. The predicted octanol–water partition coefficient (Wildman–Crippen LogP) is 0.0197. The van der Waals surface area contributed by atoms with Gasteiger partial charge in [-0.3, -0.25) is 0 Å². The van der Waals surface area contributed by atoms with Crippen molar-refractivity contribution < 1.29 is 80.5 Å². The number of amides is 6. The van der Waals surface area contributed by atoms with Crippen molar-refractivity contribution in [2.75, 3.05) is 78.5 Å². The van der Waals surface area contributed by atoms with Crippen LogP contribution in [0.25, 0.3) is 0 Å².